The lowest BCUT2D eigenvalue weighted by Gasteiger charge is -2.24. The number of amides is 3. The SMILES string of the molecule is NCC(=O)NC(CS)C(=O)NC(Cc1ccccc1)C(=O)NC(CCC(=O)O)C(=O)O. The van der Waals surface area contributed by atoms with Gasteiger partial charge in [-0.1, -0.05) is 30.3 Å². The molecule has 12 heteroatoms. The Morgan fingerprint density at radius 2 is 1.48 bits per heavy atom. The Kier molecular flexibility index (Phi) is 11.1. The summed E-state index contributed by atoms with van der Waals surface area (Å²) in [4.78, 5) is 59.0. The number of hydrogen-bond donors (Lipinski definition) is 7. The van der Waals surface area contributed by atoms with E-state index in [1.165, 1.54) is 0 Å². The van der Waals surface area contributed by atoms with E-state index in [-0.39, 0.29) is 25.1 Å². The van der Waals surface area contributed by atoms with Gasteiger partial charge in [-0.3, -0.25) is 19.2 Å². The summed E-state index contributed by atoms with van der Waals surface area (Å²) in [5.41, 5.74) is 5.92. The van der Waals surface area contributed by atoms with Gasteiger partial charge in [-0.2, -0.15) is 12.6 Å². The molecular formula is C19H26N4O7S. The first-order valence-corrected chi connectivity index (χ1v) is 10.0. The van der Waals surface area contributed by atoms with Crippen molar-refractivity contribution in [3.05, 3.63) is 35.9 Å². The second-order valence-electron chi connectivity index (χ2n) is 6.59. The highest BCUT2D eigenvalue weighted by molar-refractivity contribution is 7.80. The zero-order chi connectivity index (χ0) is 23.4. The van der Waals surface area contributed by atoms with Crippen LogP contribution >= 0.6 is 12.6 Å². The van der Waals surface area contributed by atoms with E-state index >= 15 is 0 Å². The van der Waals surface area contributed by atoms with Crippen LogP contribution in [0.15, 0.2) is 30.3 Å². The van der Waals surface area contributed by atoms with Crippen molar-refractivity contribution in [1.82, 2.24) is 16.0 Å². The van der Waals surface area contributed by atoms with Gasteiger partial charge in [-0.25, -0.2) is 4.79 Å². The number of thiol groups is 1. The van der Waals surface area contributed by atoms with Gasteiger partial charge in [-0.15, -0.1) is 0 Å². The Morgan fingerprint density at radius 3 is 2.00 bits per heavy atom. The topological polar surface area (TPSA) is 188 Å². The lowest BCUT2D eigenvalue weighted by atomic mass is 10.0. The molecule has 0 saturated carbocycles. The first kappa shape index (κ1) is 25.9. The van der Waals surface area contributed by atoms with E-state index in [2.05, 4.69) is 28.6 Å². The van der Waals surface area contributed by atoms with E-state index in [0.29, 0.717) is 5.56 Å². The molecule has 0 fully saturated rings. The Hall–Kier alpha value is -3.12. The number of carbonyl (C=O) groups is 5. The fourth-order valence-electron chi connectivity index (χ4n) is 2.58. The third-order valence-electron chi connectivity index (χ3n) is 4.20. The normalized spacial score (nSPS) is 13.4. The molecule has 170 valence electrons. The maximum atomic E-state index is 12.8. The third-order valence-corrected chi connectivity index (χ3v) is 4.56. The van der Waals surface area contributed by atoms with Crippen molar-refractivity contribution in [3.63, 3.8) is 0 Å². The fourth-order valence-corrected chi connectivity index (χ4v) is 2.83. The summed E-state index contributed by atoms with van der Waals surface area (Å²) in [5, 5.41) is 25.2. The number of nitrogens with two attached hydrogens (primary N) is 1. The van der Waals surface area contributed by atoms with Gasteiger partial charge in [0.1, 0.15) is 18.1 Å². The zero-order valence-corrected chi connectivity index (χ0v) is 17.5. The van der Waals surface area contributed by atoms with Crippen LogP contribution in [0.25, 0.3) is 0 Å². The van der Waals surface area contributed by atoms with Crippen molar-refractivity contribution in [2.24, 2.45) is 5.73 Å². The van der Waals surface area contributed by atoms with Crippen molar-refractivity contribution in [2.45, 2.75) is 37.4 Å². The molecule has 0 bridgehead atoms. The Balaban J connectivity index is 2.99. The summed E-state index contributed by atoms with van der Waals surface area (Å²) in [6.07, 6.45) is -0.748. The molecule has 3 unspecified atom stereocenters. The maximum Gasteiger partial charge on any atom is 0.326 e. The minimum Gasteiger partial charge on any atom is -0.481 e. The molecule has 0 aliphatic heterocycles. The highest BCUT2D eigenvalue weighted by atomic mass is 32.1. The van der Waals surface area contributed by atoms with Crippen LogP contribution in [0.1, 0.15) is 18.4 Å². The summed E-state index contributed by atoms with van der Waals surface area (Å²) < 4.78 is 0. The lowest BCUT2D eigenvalue weighted by Crippen LogP contribution is -2.57. The molecule has 0 saturated heterocycles. The van der Waals surface area contributed by atoms with Gasteiger partial charge in [0.25, 0.3) is 0 Å². The van der Waals surface area contributed by atoms with Gasteiger partial charge in [0.2, 0.25) is 17.7 Å². The number of aliphatic carboxylic acids is 2. The predicted molar refractivity (Wildman–Crippen MR) is 113 cm³/mol. The van der Waals surface area contributed by atoms with E-state index < -0.39 is 54.2 Å². The zero-order valence-electron chi connectivity index (χ0n) is 16.6. The molecular weight excluding hydrogens is 428 g/mol. The van der Waals surface area contributed by atoms with Gasteiger partial charge in [0, 0.05) is 18.6 Å². The van der Waals surface area contributed by atoms with Crippen LogP contribution in [0.4, 0.5) is 0 Å². The first-order chi connectivity index (χ1) is 14.7. The molecule has 1 rings (SSSR count). The molecule has 31 heavy (non-hydrogen) atoms. The van der Waals surface area contributed by atoms with Crippen molar-refractivity contribution in [1.29, 1.82) is 0 Å². The van der Waals surface area contributed by atoms with Gasteiger partial charge in [-0.05, 0) is 12.0 Å². The van der Waals surface area contributed by atoms with Crippen molar-refractivity contribution in [2.75, 3.05) is 12.3 Å². The van der Waals surface area contributed by atoms with Gasteiger partial charge < -0.3 is 31.9 Å². The molecule has 0 aliphatic rings. The van der Waals surface area contributed by atoms with Gasteiger partial charge >= 0.3 is 11.9 Å². The summed E-state index contributed by atoms with van der Waals surface area (Å²) in [6, 6.07) is 4.98. The van der Waals surface area contributed by atoms with E-state index in [4.69, 9.17) is 10.8 Å². The van der Waals surface area contributed by atoms with E-state index in [1.54, 1.807) is 30.3 Å². The molecule has 0 aromatic heterocycles. The van der Waals surface area contributed by atoms with Crippen LogP contribution in [0, 0.1) is 0 Å². The Bertz CT molecular complexity index is 791. The van der Waals surface area contributed by atoms with Crippen LogP contribution in [0.2, 0.25) is 0 Å². The minimum absolute atomic E-state index is 0.0355. The van der Waals surface area contributed by atoms with Crippen molar-refractivity contribution in [3.8, 4) is 0 Å². The average Bonchev–Trinajstić information content (AvgIpc) is 2.74. The smallest absolute Gasteiger partial charge is 0.326 e. The van der Waals surface area contributed by atoms with Crippen LogP contribution in [0.5, 0.6) is 0 Å². The maximum absolute atomic E-state index is 12.8. The molecule has 1 aromatic rings. The molecule has 0 radical (unpaired) electrons. The van der Waals surface area contributed by atoms with Crippen molar-refractivity contribution >= 4 is 42.3 Å². The molecule has 7 N–H and O–H groups in total. The number of nitrogens with one attached hydrogen (secondary N) is 3. The predicted octanol–water partition coefficient (Wildman–Crippen LogP) is -1.48. The summed E-state index contributed by atoms with van der Waals surface area (Å²) in [7, 11) is 0. The summed E-state index contributed by atoms with van der Waals surface area (Å²) in [5.74, 6) is -4.76. The van der Waals surface area contributed by atoms with Crippen molar-refractivity contribution < 1.29 is 34.2 Å². The molecule has 3 atom stereocenters. The molecule has 0 heterocycles. The van der Waals surface area contributed by atoms with Crippen LogP contribution in [-0.4, -0.2) is 70.3 Å². The van der Waals surface area contributed by atoms with Crippen LogP contribution in [0.3, 0.4) is 0 Å². The number of carboxylic acid groups (broad SMARTS) is 2. The number of benzene rings is 1. The Morgan fingerprint density at radius 1 is 0.903 bits per heavy atom. The van der Waals surface area contributed by atoms with Crippen LogP contribution in [-0.2, 0) is 30.4 Å². The second kappa shape index (κ2) is 13.2. The van der Waals surface area contributed by atoms with E-state index in [0.717, 1.165) is 0 Å². The van der Waals surface area contributed by atoms with Gasteiger partial charge in [0.15, 0.2) is 0 Å². The van der Waals surface area contributed by atoms with Gasteiger partial charge in [0.05, 0.1) is 6.54 Å². The fraction of sp³-hybridized carbons (Fsp3) is 0.421. The Labute approximate surface area is 184 Å². The second-order valence-corrected chi connectivity index (χ2v) is 6.95. The largest absolute Gasteiger partial charge is 0.481 e. The molecule has 1 aromatic carbocycles. The number of hydrogen-bond acceptors (Lipinski definition) is 7. The highest BCUT2D eigenvalue weighted by Gasteiger charge is 2.29. The number of carbonyl (C=O) groups excluding carboxylic acids is 3. The highest BCUT2D eigenvalue weighted by Crippen LogP contribution is 2.06. The van der Waals surface area contributed by atoms with Crippen LogP contribution < -0.4 is 21.7 Å². The summed E-state index contributed by atoms with van der Waals surface area (Å²) >= 11 is 4.02. The number of carboxylic acids is 2. The lowest BCUT2D eigenvalue weighted by molar-refractivity contribution is -0.143. The molecule has 3 amide bonds. The summed E-state index contributed by atoms with van der Waals surface area (Å²) in [6.45, 7) is -0.338. The average molecular weight is 455 g/mol. The number of rotatable bonds is 13. The molecule has 0 spiro atoms. The third kappa shape index (κ3) is 9.49. The minimum atomic E-state index is -1.45. The quantitative estimate of drug-likeness (QED) is 0.176. The van der Waals surface area contributed by atoms with E-state index in [1.807, 2.05) is 0 Å². The van der Waals surface area contributed by atoms with E-state index in [9.17, 15) is 29.1 Å². The molecule has 0 aliphatic carbocycles. The monoisotopic (exact) mass is 454 g/mol. The standard InChI is InChI=1S/C19H26N4O7S/c20-9-15(24)21-14(10-31)18(28)23-13(8-11-4-2-1-3-5-11)17(27)22-12(19(29)30)6-7-16(25)26/h1-5,12-14,31H,6-10,20H2,(H,21,24)(H,22,27)(H,23,28)(H,25,26)(H,29,30). The molecule has 11 nitrogen and oxygen atoms in total. The first-order valence-electron chi connectivity index (χ1n) is 9.37.